The molecule has 0 spiro atoms. The number of nitrogens with one attached hydrogen (secondary N) is 1. The smallest absolute Gasteiger partial charge is 0.407 e. The molecule has 0 radical (unpaired) electrons. The van der Waals surface area contributed by atoms with Gasteiger partial charge in [-0.05, 0) is 20.8 Å². The normalized spacial score (nSPS) is 26.1. The average Bonchev–Trinajstić information content (AvgIpc) is 2.87. The number of alkyl carbamates (subject to hydrolysis) is 1. The lowest BCUT2D eigenvalue weighted by Crippen LogP contribution is -2.35. The van der Waals surface area contributed by atoms with Crippen LogP contribution in [0.4, 0.5) is 4.79 Å². The third kappa shape index (κ3) is 3.35. The minimum atomic E-state index is -1.15. The van der Waals surface area contributed by atoms with Gasteiger partial charge in [0, 0.05) is 0 Å². The summed E-state index contributed by atoms with van der Waals surface area (Å²) >= 11 is 0. The van der Waals surface area contributed by atoms with Gasteiger partial charge in [-0.2, -0.15) is 0 Å². The minimum Gasteiger partial charge on any atom is -0.481 e. The highest BCUT2D eigenvalue weighted by Crippen LogP contribution is 2.40. The predicted octanol–water partition coefficient (Wildman–Crippen LogP) is 0.383. The molecule has 1 rings (SSSR count). The van der Waals surface area contributed by atoms with E-state index in [1.807, 2.05) is 0 Å². The summed E-state index contributed by atoms with van der Waals surface area (Å²) in [5, 5.41) is 11.2. The molecule has 0 aromatic heterocycles. The summed E-state index contributed by atoms with van der Waals surface area (Å²) in [6.45, 7) is 5.06. The maximum atomic E-state index is 11.5. The molecule has 0 aromatic carbocycles. The van der Waals surface area contributed by atoms with Crippen molar-refractivity contribution in [3.05, 3.63) is 0 Å². The van der Waals surface area contributed by atoms with Crippen LogP contribution >= 0.6 is 0 Å². The zero-order valence-electron chi connectivity index (χ0n) is 10.7. The number of carboxylic acid groups (broad SMARTS) is 1. The molecule has 0 bridgehead atoms. The van der Waals surface area contributed by atoms with Gasteiger partial charge in [-0.1, -0.05) is 0 Å². The van der Waals surface area contributed by atoms with Crippen LogP contribution in [0, 0.1) is 11.8 Å². The number of amides is 1. The van der Waals surface area contributed by atoms with Crippen LogP contribution < -0.4 is 5.32 Å². The second-order valence-corrected chi connectivity index (χ2v) is 5.08. The molecule has 0 heterocycles. The first-order valence-corrected chi connectivity index (χ1v) is 5.47. The molecule has 1 amide bonds. The van der Waals surface area contributed by atoms with Crippen LogP contribution in [-0.4, -0.2) is 41.9 Å². The third-order valence-electron chi connectivity index (χ3n) is 2.46. The van der Waals surface area contributed by atoms with Crippen molar-refractivity contribution in [3.63, 3.8) is 0 Å². The van der Waals surface area contributed by atoms with E-state index in [4.69, 9.17) is 9.84 Å². The fourth-order valence-electron chi connectivity index (χ4n) is 1.67. The quantitative estimate of drug-likeness (QED) is 0.710. The first-order chi connectivity index (χ1) is 8.17. The Morgan fingerprint density at radius 3 is 2.11 bits per heavy atom. The van der Waals surface area contributed by atoms with Crippen LogP contribution in [0.25, 0.3) is 0 Å². The molecule has 7 nitrogen and oxygen atoms in total. The van der Waals surface area contributed by atoms with E-state index >= 15 is 0 Å². The van der Waals surface area contributed by atoms with Gasteiger partial charge in [0.15, 0.2) is 0 Å². The first-order valence-electron chi connectivity index (χ1n) is 5.47. The molecule has 102 valence electrons. The molecule has 1 saturated carbocycles. The summed E-state index contributed by atoms with van der Waals surface area (Å²) in [4.78, 5) is 33.6. The predicted molar refractivity (Wildman–Crippen MR) is 59.8 cm³/mol. The number of carboxylic acids is 1. The topological polar surface area (TPSA) is 102 Å². The van der Waals surface area contributed by atoms with E-state index in [0.29, 0.717) is 0 Å². The van der Waals surface area contributed by atoms with Gasteiger partial charge in [-0.25, -0.2) is 4.79 Å². The summed E-state index contributed by atoms with van der Waals surface area (Å²) in [6.07, 6.45) is -0.745. The Kier molecular flexibility index (Phi) is 3.83. The number of hydrogen-bond donors (Lipinski definition) is 2. The first kappa shape index (κ1) is 14.3. The molecular weight excluding hydrogens is 242 g/mol. The Morgan fingerprint density at radius 1 is 1.17 bits per heavy atom. The molecule has 1 aliphatic carbocycles. The van der Waals surface area contributed by atoms with E-state index in [1.54, 1.807) is 20.8 Å². The molecule has 18 heavy (non-hydrogen) atoms. The maximum absolute atomic E-state index is 11.5. The van der Waals surface area contributed by atoms with Crippen LogP contribution in [0.3, 0.4) is 0 Å². The molecule has 0 aromatic rings. The molecule has 0 saturated heterocycles. The van der Waals surface area contributed by atoms with Crippen LogP contribution in [0.15, 0.2) is 0 Å². The van der Waals surface area contributed by atoms with E-state index in [1.165, 1.54) is 7.11 Å². The van der Waals surface area contributed by atoms with Crippen molar-refractivity contribution >= 4 is 18.0 Å². The van der Waals surface area contributed by atoms with Crippen molar-refractivity contribution in [2.24, 2.45) is 11.8 Å². The van der Waals surface area contributed by atoms with Gasteiger partial charge in [0.25, 0.3) is 0 Å². The highest BCUT2D eigenvalue weighted by atomic mass is 16.6. The summed E-state index contributed by atoms with van der Waals surface area (Å²) < 4.78 is 9.46. The van der Waals surface area contributed by atoms with E-state index in [0.717, 1.165) is 0 Å². The molecule has 7 heteroatoms. The van der Waals surface area contributed by atoms with Gasteiger partial charge in [-0.3, -0.25) is 9.59 Å². The lowest BCUT2D eigenvalue weighted by atomic mass is 10.2. The van der Waals surface area contributed by atoms with Gasteiger partial charge in [0.1, 0.15) is 5.60 Å². The lowest BCUT2D eigenvalue weighted by molar-refractivity contribution is -0.146. The fraction of sp³-hybridized carbons (Fsp3) is 0.727. The van der Waals surface area contributed by atoms with Gasteiger partial charge in [0.05, 0.1) is 25.0 Å². The summed E-state index contributed by atoms with van der Waals surface area (Å²) in [5.74, 6) is -3.60. The van der Waals surface area contributed by atoms with Crippen LogP contribution in [0.1, 0.15) is 20.8 Å². The highest BCUT2D eigenvalue weighted by molar-refractivity contribution is 5.90. The number of carbonyl (C=O) groups excluding carboxylic acids is 2. The van der Waals surface area contributed by atoms with Crippen molar-refractivity contribution in [1.29, 1.82) is 0 Å². The van der Waals surface area contributed by atoms with Crippen molar-refractivity contribution < 1.29 is 29.0 Å². The fourth-order valence-corrected chi connectivity index (χ4v) is 1.67. The second kappa shape index (κ2) is 4.83. The monoisotopic (exact) mass is 259 g/mol. The standard InChI is InChI=1S/C11H17NO6/c1-11(2,3)18-10(16)12-7-5(8(13)14)6(7)9(15)17-4/h5-7H,1-4H3,(H,12,16)(H,13,14)/t5-,6+,7-/m0/s1. The molecule has 1 aliphatic rings. The second-order valence-electron chi connectivity index (χ2n) is 5.08. The maximum Gasteiger partial charge on any atom is 0.407 e. The lowest BCUT2D eigenvalue weighted by Gasteiger charge is -2.19. The van der Waals surface area contributed by atoms with Gasteiger partial charge >= 0.3 is 18.0 Å². The van der Waals surface area contributed by atoms with E-state index < -0.39 is 41.5 Å². The number of carbonyl (C=O) groups is 3. The van der Waals surface area contributed by atoms with Gasteiger partial charge in [0.2, 0.25) is 0 Å². The summed E-state index contributed by atoms with van der Waals surface area (Å²) in [5.41, 5.74) is -0.682. The number of aliphatic carboxylic acids is 1. The van der Waals surface area contributed by atoms with E-state index in [9.17, 15) is 14.4 Å². The number of rotatable bonds is 3. The molecule has 1 fully saturated rings. The molecule has 2 N–H and O–H groups in total. The van der Waals surface area contributed by atoms with Crippen molar-refractivity contribution in [3.8, 4) is 0 Å². The van der Waals surface area contributed by atoms with Crippen LogP contribution in [-0.2, 0) is 19.1 Å². The Labute approximate surface area is 104 Å². The number of ether oxygens (including phenoxy) is 2. The van der Waals surface area contributed by atoms with E-state index in [2.05, 4.69) is 10.1 Å². The minimum absolute atomic E-state index is 0.650. The highest BCUT2D eigenvalue weighted by Gasteiger charge is 2.61. The SMILES string of the molecule is COC(=O)[C@H]1[C@@H](NC(=O)OC(C)(C)C)[C@H]1C(=O)O. The Bertz CT molecular complexity index is 372. The molecular formula is C11H17NO6. The number of esters is 1. The Morgan fingerprint density at radius 2 is 1.72 bits per heavy atom. The van der Waals surface area contributed by atoms with Crippen LogP contribution in [0.5, 0.6) is 0 Å². The number of methoxy groups -OCH3 is 1. The average molecular weight is 259 g/mol. The zero-order chi connectivity index (χ0) is 14.1. The largest absolute Gasteiger partial charge is 0.481 e. The summed E-state index contributed by atoms with van der Waals surface area (Å²) in [7, 11) is 1.17. The third-order valence-corrected chi connectivity index (χ3v) is 2.46. The van der Waals surface area contributed by atoms with Crippen molar-refractivity contribution in [1.82, 2.24) is 5.32 Å². The van der Waals surface area contributed by atoms with E-state index in [-0.39, 0.29) is 0 Å². The Balaban J connectivity index is 2.59. The summed E-state index contributed by atoms with van der Waals surface area (Å²) in [6, 6.07) is -0.773. The van der Waals surface area contributed by atoms with Crippen LogP contribution in [0.2, 0.25) is 0 Å². The van der Waals surface area contributed by atoms with Gasteiger partial charge in [-0.15, -0.1) is 0 Å². The van der Waals surface area contributed by atoms with Crippen molar-refractivity contribution in [2.45, 2.75) is 32.4 Å². The Hall–Kier alpha value is -1.79. The number of hydrogen-bond acceptors (Lipinski definition) is 5. The zero-order valence-corrected chi connectivity index (χ0v) is 10.7. The molecule has 0 unspecified atom stereocenters. The van der Waals surface area contributed by atoms with Crippen molar-refractivity contribution in [2.75, 3.05) is 7.11 Å². The molecule has 3 atom stereocenters. The molecule has 0 aliphatic heterocycles. The van der Waals surface area contributed by atoms with Gasteiger partial charge < -0.3 is 19.9 Å².